The number of rotatable bonds is 3. The lowest BCUT2D eigenvalue weighted by atomic mass is 10.2. The third-order valence-electron chi connectivity index (χ3n) is 2.08. The van der Waals surface area contributed by atoms with Gasteiger partial charge in [0, 0.05) is 11.1 Å². The molecule has 0 unspecified atom stereocenters. The number of carbonyl (C=O) groups excluding carboxylic acids is 1. The smallest absolute Gasteiger partial charge is 0.332 e. The van der Waals surface area contributed by atoms with Gasteiger partial charge >= 0.3 is 6.18 Å². The molecule has 0 bridgehead atoms. The maximum absolute atomic E-state index is 12.5. The number of hydrogen-bond donors (Lipinski definition) is 1. The summed E-state index contributed by atoms with van der Waals surface area (Å²) in [5.74, 6) is 0. The summed E-state index contributed by atoms with van der Waals surface area (Å²) in [6, 6.07) is 4.78. The fraction of sp³-hybridized carbons (Fsp3) is 0.0909. The molecule has 0 radical (unpaired) electrons. The second-order valence-electron chi connectivity index (χ2n) is 3.40. The van der Waals surface area contributed by atoms with Crippen LogP contribution in [0.5, 0.6) is 0 Å². The summed E-state index contributed by atoms with van der Waals surface area (Å²) in [5.41, 5.74) is -0.217. The molecule has 1 aromatic carbocycles. The van der Waals surface area contributed by atoms with E-state index in [0.29, 0.717) is 11.4 Å². The van der Waals surface area contributed by atoms with Crippen LogP contribution in [0.2, 0.25) is 0 Å². The normalized spacial score (nSPS) is 11.3. The summed E-state index contributed by atoms with van der Waals surface area (Å²) in [7, 11) is 0. The average molecular weight is 272 g/mol. The van der Waals surface area contributed by atoms with E-state index in [-0.39, 0.29) is 11.4 Å². The van der Waals surface area contributed by atoms with Gasteiger partial charge in [-0.25, -0.2) is 4.98 Å². The van der Waals surface area contributed by atoms with Crippen molar-refractivity contribution in [3.8, 4) is 0 Å². The SMILES string of the molecule is O=Cc1csc(Nc2cccc(C(F)(F)F)c2)n1. The van der Waals surface area contributed by atoms with E-state index in [0.717, 1.165) is 23.5 Å². The van der Waals surface area contributed by atoms with Crippen molar-refractivity contribution in [2.45, 2.75) is 6.18 Å². The predicted molar refractivity (Wildman–Crippen MR) is 62.2 cm³/mol. The van der Waals surface area contributed by atoms with Crippen LogP contribution in [0.4, 0.5) is 24.0 Å². The van der Waals surface area contributed by atoms with Gasteiger partial charge in [-0.3, -0.25) is 4.79 Å². The number of anilines is 2. The second kappa shape index (κ2) is 4.77. The highest BCUT2D eigenvalue weighted by atomic mass is 32.1. The van der Waals surface area contributed by atoms with Crippen LogP contribution in [0.15, 0.2) is 29.6 Å². The Balaban J connectivity index is 2.21. The Morgan fingerprint density at radius 2 is 2.11 bits per heavy atom. The van der Waals surface area contributed by atoms with E-state index in [1.54, 1.807) is 0 Å². The molecule has 3 nitrogen and oxygen atoms in total. The largest absolute Gasteiger partial charge is 0.416 e. The Hall–Kier alpha value is -1.89. The van der Waals surface area contributed by atoms with E-state index in [9.17, 15) is 18.0 Å². The fourth-order valence-corrected chi connectivity index (χ4v) is 1.97. The van der Waals surface area contributed by atoms with Gasteiger partial charge in [-0.2, -0.15) is 13.2 Å². The molecule has 7 heteroatoms. The van der Waals surface area contributed by atoms with Crippen LogP contribution in [-0.4, -0.2) is 11.3 Å². The summed E-state index contributed by atoms with van der Waals surface area (Å²) in [6.07, 6.45) is -3.80. The molecule has 2 aromatic rings. The van der Waals surface area contributed by atoms with Crippen LogP contribution in [-0.2, 0) is 6.18 Å². The predicted octanol–water partition coefficient (Wildman–Crippen LogP) is 3.72. The molecule has 0 fully saturated rings. The minimum atomic E-state index is -4.38. The summed E-state index contributed by atoms with van der Waals surface area (Å²) < 4.78 is 37.4. The lowest BCUT2D eigenvalue weighted by molar-refractivity contribution is -0.137. The van der Waals surface area contributed by atoms with Gasteiger partial charge in [0.05, 0.1) is 5.56 Å². The molecular formula is C11H7F3N2OS. The molecule has 94 valence electrons. The van der Waals surface area contributed by atoms with Crippen LogP contribution in [0, 0.1) is 0 Å². The molecule has 2 rings (SSSR count). The highest BCUT2D eigenvalue weighted by molar-refractivity contribution is 7.13. The highest BCUT2D eigenvalue weighted by Crippen LogP contribution is 2.31. The summed E-state index contributed by atoms with van der Waals surface area (Å²) in [5, 5.41) is 4.61. The molecule has 0 spiro atoms. The number of nitrogens with zero attached hydrogens (tertiary/aromatic N) is 1. The maximum Gasteiger partial charge on any atom is 0.416 e. The van der Waals surface area contributed by atoms with E-state index in [2.05, 4.69) is 10.3 Å². The first kappa shape index (κ1) is 12.6. The van der Waals surface area contributed by atoms with Crippen molar-refractivity contribution in [3.05, 3.63) is 40.9 Å². The molecule has 0 amide bonds. The summed E-state index contributed by atoms with van der Waals surface area (Å²) in [4.78, 5) is 14.3. The maximum atomic E-state index is 12.5. The Bertz CT molecular complexity index is 565. The summed E-state index contributed by atoms with van der Waals surface area (Å²) >= 11 is 1.15. The van der Waals surface area contributed by atoms with Gasteiger partial charge in [0.25, 0.3) is 0 Å². The number of thiazole rings is 1. The monoisotopic (exact) mass is 272 g/mol. The van der Waals surface area contributed by atoms with Crippen molar-refractivity contribution in [2.75, 3.05) is 5.32 Å². The third-order valence-corrected chi connectivity index (χ3v) is 2.86. The molecule has 0 aliphatic rings. The molecule has 0 atom stereocenters. The van der Waals surface area contributed by atoms with E-state index >= 15 is 0 Å². The van der Waals surface area contributed by atoms with E-state index in [1.165, 1.54) is 17.5 Å². The van der Waals surface area contributed by atoms with Crippen molar-refractivity contribution < 1.29 is 18.0 Å². The van der Waals surface area contributed by atoms with Crippen molar-refractivity contribution >= 4 is 28.4 Å². The fourth-order valence-electron chi connectivity index (χ4n) is 1.29. The van der Waals surface area contributed by atoms with Crippen molar-refractivity contribution in [3.63, 3.8) is 0 Å². The molecule has 0 aliphatic carbocycles. The average Bonchev–Trinajstić information content (AvgIpc) is 2.76. The molecule has 0 saturated heterocycles. The van der Waals surface area contributed by atoms with Crippen molar-refractivity contribution in [2.24, 2.45) is 0 Å². The molecule has 0 aliphatic heterocycles. The van der Waals surface area contributed by atoms with Crippen LogP contribution >= 0.6 is 11.3 Å². The highest BCUT2D eigenvalue weighted by Gasteiger charge is 2.30. The third kappa shape index (κ3) is 2.86. The topological polar surface area (TPSA) is 42.0 Å². The number of aromatic nitrogens is 1. The standard InChI is InChI=1S/C11H7F3N2OS/c12-11(13,14)7-2-1-3-8(4-7)15-10-16-9(5-17)6-18-10/h1-6H,(H,15,16). The van der Waals surface area contributed by atoms with Crippen molar-refractivity contribution in [1.29, 1.82) is 0 Å². The minimum absolute atomic E-state index is 0.245. The van der Waals surface area contributed by atoms with Gasteiger partial charge in [0.15, 0.2) is 11.4 Å². The minimum Gasteiger partial charge on any atom is -0.332 e. The van der Waals surface area contributed by atoms with E-state index in [4.69, 9.17) is 0 Å². The lowest BCUT2D eigenvalue weighted by Gasteiger charge is -2.08. The molecule has 1 N–H and O–H groups in total. The summed E-state index contributed by atoms with van der Waals surface area (Å²) in [6.45, 7) is 0. The number of halogens is 3. The van der Waals surface area contributed by atoms with Gasteiger partial charge in [0.2, 0.25) is 0 Å². The molecule has 18 heavy (non-hydrogen) atoms. The Morgan fingerprint density at radius 1 is 1.33 bits per heavy atom. The number of hydrogen-bond acceptors (Lipinski definition) is 4. The first-order chi connectivity index (χ1) is 8.49. The molecule has 1 aromatic heterocycles. The van der Waals surface area contributed by atoms with Gasteiger partial charge in [-0.15, -0.1) is 11.3 Å². The van der Waals surface area contributed by atoms with Gasteiger partial charge in [0.1, 0.15) is 5.69 Å². The number of aldehydes is 1. The first-order valence-corrected chi connectivity index (χ1v) is 5.72. The van der Waals surface area contributed by atoms with Gasteiger partial charge in [-0.05, 0) is 18.2 Å². The Kier molecular flexibility index (Phi) is 3.33. The number of carbonyl (C=O) groups is 1. The number of alkyl halides is 3. The van der Waals surface area contributed by atoms with Gasteiger partial charge in [-0.1, -0.05) is 6.07 Å². The van der Waals surface area contributed by atoms with Gasteiger partial charge < -0.3 is 5.32 Å². The zero-order valence-electron chi connectivity index (χ0n) is 8.86. The zero-order chi connectivity index (χ0) is 13.2. The molecular weight excluding hydrogens is 265 g/mol. The van der Waals surface area contributed by atoms with Crippen LogP contribution in [0.1, 0.15) is 16.1 Å². The van der Waals surface area contributed by atoms with E-state index < -0.39 is 11.7 Å². The molecule has 0 saturated carbocycles. The quantitative estimate of drug-likeness (QED) is 0.866. The second-order valence-corrected chi connectivity index (χ2v) is 4.26. The lowest BCUT2D eigenvalue weighted by Crippen LogP contribution is -2.05. The molecule has 1 heterocycles. The first-order valence-electron chi connectivity index (χ1n) is 4.84. The van der Waals surface area contributed by atoms with Crippen LogP contribution < -0.4 is 5.32 Å². The Morgan fingerprint density at radius 3 is 2.72 bits per heavy atom. The number of nitrogens with one attached hydrogen (secondary N) is 1. The van der Waals surface area contributed by atoms with Crippen molar-refractivity contribution in [1.82, 2.24) is 4.98 Å². The van der Waals surface area contributed by atoms with E-state index in [1.807, 2.05) is 0 Å². The number of benzene rings is 1. The van der Waals surface area contributed by atoms with Crippen LogP contribution in [0.3, 0.4) is 0 Å². The van der Waals surface area contributed by atoms with Crippen LogP contribution in [0.25, 0.3) is 0 Å². The zero-order valence-corrected chi connectivity index (χ0v) is 9.68. The Labute approximate surface area is 104 Å².